The molecule has 2 rings (SSSR count). The number of methoxy groups -OCH3 is 1. The van der Waals surface area contributed by atoms with Gasteiger partial charge >= 0.3 is 5.97 Å². The fourth-order valence-corrected chi connectivity index (χ4v) is 2.58. The van der Waals surface area contributed by atoms with Gasteiger partial charge < -0.3 is 15.2 Å². The first kappa shape index (κ1) is 18.2. The SMILES string of the molecule is COCCn1cc(CN[C@H](c2ccccc2)C(C)(C)C(=O)O)cn1. The molecule has 0 bridgehead atoms. The highest BCUT2D eigenvalue weighted by Gasteiger charge is 2.37. The van der Waals surface area contributed by atoms with Crippen molar-refractivity contribution < 1.29 is 14.6 Å². The molecule has 0 aliphatic carbocycles. The van der Waals surface area contributed by atoms with E-state index in [4.69, 9.17) is 4.74 Å². The third-order valence-electron chi connectivity index (χ3n) is 4.13. The van der Waals surface area contributed by atoms with E-state index >= 15 is 0 Å². The molecule has 0 aliphatic heterocycles. The molecular weight excluding hydrogens is 306 g/mol. The summed E-state index contributed by atoms with van der Waals surface area (Å²) in [7, 11) is 1.66. The molecule has 0 aliphatic rings. The van der Waals surface area contributed by atoms with E-state index in [-0.39, 0.29) is 6.04 Å². The molecule has 0 fully saturated rings. The molecule has 0 saturated heterocycles. The van der Waals surface area contributed by atoms with E-state index in [1.54, 1.807) is 27.2 Å². The molecule has 24 heavy (non-hydrogen) atoms. The van der Waals surface area contributed by atoms with Gasteiger partial charge in [0.2, 0.25) is 0 Å². The van der Waals surface area contributed by atoms with Crippen LogP contribution in [0.2, 0.25) is 0 Å². The molecule has 0 spiro atoms. The van der Waals surface area contributed by atoms with Gasteiger partial charge in [0.15, 0.2) is 0 Å². The van der Waals surface area contributed by atoms with E-state index in [2.05, 4.69) is 10.4 Å². The van der Waals surface area contributed by atoms with E-state index < -0.39 is 11.4 Å². The van der Waals surface area contributed by atoms with Crippen LogP contribution in [0, 0.1) is 5.41 Å². The lowest BCUT2D eigenvalue weighted by atomic mass is 9.80. The first-order valence-corrected chi connectivity index (χ1v) is 7.97. The maximum absolute atomic E-state index is 11.7. The lowest BCUT2D eigenvalue weighted by Crippen LogP contribution is -2.39. The molecule has 1 aromatic carbocycles. The third-order valence-corrected chi connectivity index (χ3v) is 4.13. The molecule has 0 radical (unpaired) electrons. The fraction of sp³-hybridized carbons (Fsp3) is 0.444. The standard InChI is InChI=1S/C18H25N3O3/c1-18(2,17(22)23)16(15-7-5-4-6-8-15)19-11-14-12-20-21(13-14)9-10-24-3/h4-8,12-13,16,19H,9-11H2,1-3H3,(H,22,23)/t16-/m1/s1. The van der Waals surface area contributed by atoms with E-state index in [0.29, 0.717) is 19.7 Å². The second-order valence-electron chi connectivity index (χ2n) is 6.36. The average molecular weight is 331 g/mol. The Bertz CT molecular complexity index is 653. The van der Waals surface area contributed by atoms with Crippen LogP contribution in [0.25, 0.3) is 0 Å². The number of carboxylic acid groups (broad SMARTS) is 1. The number of hydrogen-bond donors (Lipinski definition) is 2. The Morgan fingerprint density at radius 2 is 2.08 bits per heavy atom. The van der Waals surface area contributed by atoms with Crippen LogP contribution >= 0.6 is 0 Å². The molecule has 1 aromatic heterocycles. The third kappa shape index (κ3) is 4.43. The van der Waals surface area contributed by atoms with Crippen LogP contribution < -0.4 is 5.32 Å². The van der Waals surface area contributed by atoms with Gasteiger partial charge in [0.1, 0.15) is 0 Å². The number of aromatic nitrogens is 2. The molecular formula is C18H25N3O3. The highest BCUT2D eigenvalue weighted by atomic mass is 16.5. The first-order chi connectivity index (χ1) is 11.4. The van der Waals surface area contributed by atoms with Gasteiger partial charge in [-0.25, -0.2) is 0 Å². The Kier molecular flexibility index (Phi) is 6.11. The van der Waals surface area contributed by atoms with Gasteiger partial charge in [-0.1, -0.05) is 30.3 Å². The largest absolute Gasteiger partial charge is 0.481 e. The lowest BCUT2D eigenvalue weighted by molar-refractivity contribution is -0.148. The summed E-state index contributed by atoms with van der Waals surface area (Å²) < 4.78 is 6.86. The number of nitrogens with zero attached hydrogens (tertiary/aromatic N) is 2. The normalized spacial score (nSPS) is 13.0. The Morgan fingerprint density at radius 1 is 1.38 bits per heavy atom. The Hall–Kier alpha value is -2.18. The van der Waals surface area contributed by atoms with E-state index in [0.717, 1.165) is 11.1 Å². The molecule has 0 unspecified atom stereocenters. The highest BCUT2D eigenvalue weighted by Crippen LogP contribution is 2.33. The number of carboxylic acids is 1. The smallest absolute Gasteiger partial charge is 0.311 e. The van der Waals surface area contributed by atoms with Crippen molar-refractivity contribution in [3.05, 3.63) is 53.9 Å². The molecule has 0 saturated carbocycles. The monoisotopic (exact) mass is 331 g/mol. The Balaban J connectivity index is 2.11. The summed E-state index contributed by atoms with van der Waals surface area (Å²) >= 11 is 0. The minimum Gasteiger partial charge on any atom is -0.481 e. The summed E-state index contributed by atoms with van der Waals surface area (Å²) in [5, 5.41) is 17.3. The minimum atomic E-state index is -0.937. The molecule has 1 atom stereocenters. The topological polar surface area (TPSA) is 76.4 Å². The second-order valence-corrected chi connectivity index (χ2v) is 6.36. The first-order valence-electron chi connectivity index (χ1n) is 7.97. The van der Waals surface area contributed by atoms with Crippen molar-refractivity contribution in [2.24, 2.45) is 5.41 Å². The zero-order valence-electron chi connectivity index (χ0n) is 14.4. The zero-order valence-corrected chi connectivity index (χ0v) is 14.4. The number of nitrogens with one attached hydrogen (secondary N) is 1. The number of ether oxygens (including phenoxy) is 1. The van der Waals surface area contributed by atoms with Crippen molar-refractivity contribution in [2.45, 2.75) is 33.0 Å². The van der Waals surface area contributed by atoms with Gasteiger partial charge in [-0.05, 0) is 19.4 Å². The average Bonchev–Trinajstić information content (AvgIpc) is 3.01. The van der Waals surface area contributed by atoms with Crippen LogP contribution in [-0.2, 0) is 22.6 Å². The number of aliphatic carboxylic acids is 1. The molecule has 0 amide bonds. The van der Waals surface area contributed by atoms with Crippen molar-refractivity contribution in [1.82, 2.24) is 15.1 Å². The van der Waals surface area contributed by atoms with Crippen LogP contribution in [-0.4, -0.2) is 34.6 Å². The number of benzene rings is 1. The molecule has 6 heteroatoms. The maximum Gasteiger partial charge on any atom is 0.311 e. The fourth-order valence-electron chi connectivity index (χ4n) is 2.58. The van der Waals surface area contributed by atoms with Crippen molar-refractivity contribution in [3.8, 4) is 0 Å². The molecule has 130 valence electrons. The number of rotatable bonds is 9. The van der Waals surface area contributed by atoms with Crippen molar-refractivity contribution >= 4 is 5.97 Å². The molecule has 2 N–H and O–H groups in total. The number of hydrogen-bond acceptors (Lipinski definition) is 4. The summed E-state index contributed by atoms with van der Waals surface area (Å²) in [6.45, 7) is 5.32. The van der Waals surface area contributed by atoms with Gasteiger partial charge in [0, 0.05) is 31.5 Å². The molecule has 6 nitrogen and oxygen atoms in total. The number of carbonyl (C=O) groups is 1. The molecule has 2 aromatic rings. The second kappa shape index (κ2) is 8.08. The van der Waals surface area contributed by atoms with E-state index in [1.165, 1.54) is 0 Å². The predicted octanol–water partition coefficient (Wildman–Crippen LogP) is 2.47. The van der Waals surface area contributed by atoms with Gasteiger partial charge in [-0.3, -0.25) is 9.48 Å². The maximum atomic E-state index is 11.7. The predicted molar refractivity (Wildman–Crippen MR) is 91.5 cm³/mol. The van der Waals surface area contributed by atoms with Crippen molar-refractivity contribution in [3.63, 3.8) is 0 Å². The van der Waals surface area contributed by atoms with E-state index in [1.807, 2.05) is 41.2 Å². The van der Waals surface area contributed by atoms with Gasteiger partial charge in [-0.2, -0.15) is 5.10 Å². The Morgan fingerprint density at radius 3 is 2.71 bits per heavy atom. The minimum absolute atomic E-state index is 0.307. The van der Waals surface area contributed by atoms with Crippen LogP contribution in [0.4, 0.5) is 0 Å². The van der Waals surface area contributed by atoms with Gasteiger partial charge in [-0.15, -0.1) is 0 Å². The van der Waals surface area contributed by atoms with Gasteiger partial charge in [0.05, 0.1) is 24.8 Å². The summed E-state index contributed by atoms with van der Waals surface area (Å²) in [5.74, 6) is -0.834. The Labute approximate surface area is 142 Å². The summed E-state index contributed by atoms with van der Waals surface area (Å²) in [4.78, 5) is 11.7. The summed E-state index contributed by atoms with van der Waals surface area (Å²) in [5.41, 5.74) is 1.03. The lowest BCUT2D eigenvalue weighted by Gasteiger charge is -2.31. The quantitative estimate of drug-likeness (QED) is 0.738. The van der Waals surface area contributed by atoms with Crippen LogP contribution in [0.5, 0.6) is 0 Å². The van der Waals surface area contributed by atoms with E-state index in [9.17, 15) is 9.90 Å². The highest BCUT2D eigenvalue weighted by molar-refractivity contribution is 5.75. The summed E-state index contributed by atoms with van der Waals surface area (Å²) in [6, 6.07) is 9.36. The van der Waals surface area contributed by atoms with Crippen LogP contribution in [0.1, 0.15) is 31.0 Å². The van der Waals surface area contributed by atoms with Crippen LogP contribution in [0.3, 0.4) is 0 Å². The van der Waals surface area contributed by atoms with Gasteiger partial charge in [0.25, 0.3) is 0 Å². The van der Waals surface area contributed by atoms with Crippen LogP contribution in [0.15, 0.2) is 42.7 Å². The zero-order chi connectivity index (χ0) is 17.6. The molecule has 1 heterocycles. The summed E-state index contributed by atoms with van der Waals surface area (Å²) in [6.07, 6.45) is 3.74. The van der Waals surface area contributed by atoms with Crippen molar-refractivity contribution in [2.75, 3.05) is 13.7 Å². The van der Waals surface area contributed by atoms with Crippen molar-refractivity contribution in [1.29, 1.82) is 0 Å².